The molecule has 4 aromatic rings. The lowest BCUT2D eigenvalue weighted by Gasteiger charge is -2.17. The lowest BCUT2D eigenvalue weighted by atomic mass is 10.1. The topological polar surface area (TPSA) is 51.0 Å². The van der Waals surface area contributed by atoms with E-state index in [1.165, 1.54) is 0 Å². The van der Waals surface area contributed by atoms with Crippen molar-refractivity contribution >= 4 is 11.6 Å². The van der Waals surface area contributed by atoms with Crippen molar-refractivity contribution in [1.29, 1.82) is 0 Å². The Bertz CT molecular complexity index is 1040. The third kappa shape index (κ3) is 3.35. The average Bonchev–Trinajstić information content (AvgIpc) is 3.20. The van der Waals surface area contributed by atoms with Crippen molar-refractivity contribution in [2.24, 2.45) is 0 Å². The summed E-state index contributed by atoms with van der Waals surface area (Å²) in [6.07, 6.45) is 5.20. The molecule has 0 spiro atoms. The summed E-state index contributed by atoms with van der Waals surface area (Å²) in [6, 6.07) is 23.0. The van der Waals surface area contributed by atoms with Crippen LogP contribution in [0.5, 0.6) is 0 Å². The number of nitrogens with zero attached hydrogens (tertiary/aromatic N) is 4. The molecule has 2 heterocycles. The Hall–Kier alpha value is -3.73. The summed E-state index contributed by atoms with van der Waals surface area (Å²) in [5.74, 6) is -0.123. The molecule has 0 N–H and O–H groups in total. The van der Waals surface area contributed by atoms with Gasteiger partial charge in [0.2, 0.25) is 0 Å². The number of pyridine rings is 1. The van der Waals surface area contributed by atoms with Gasteiger partial charge in [0, 0.05) is 36.9 Å². The quantitative estimate of drug-likeness (QED) is 0.552. The monoisotopic (exact) mass is 354 g/mol. The molecule has 5 nitrogen and oxygen atoms in total. The van der Waals surface area contributed by atoms with Gasteiger partial charge in [0.15, 0.2) is 0 Å². The summed E-state index contributed by atoms with van der Waals surface area (Å²) in [5.41, 5.74) is 3.66. The first kappa shape index (κ1) is 16.7. The minimum atomic E-state index is -0.123. The van der Waals surface area contributed by atoms with Crippen molar-refractivity contribution in [3.05, 3.63) is 97.0 Å². The van der Waals surface area contributed by atoms with E-state index in [2.05, 4.69) is 10.1 Å². The molecule has 0 saturated heterocycles. The van der Waals surface area contributed by atoms with Crippen LogP contribution < -0.4 is 4.90 Å². The number of hydrogen-bond donors (Lipinski definition) is 0. The van der Waals surface area contributed by atoms with Gasteiger partial charge < -0.3 is 4.90 Å². The second kappa shape index (κ2) is 7.25. The number of benzene rings is 2. The normalized spacial score (nSPS) is 10.6. The molecule has 1 amide bonds. The van der Waals surface area contributed by atoms with Gasteiger partial charge >= 0.3 is 0 Å². The summed E-state index contributed by atoms with van der Waals surface area (Å²) in [7, 11) is 1.77. The maximum Gasteiger partial charge on any atom is 0.261 e. The van der Waals surface area contributed by atoms with Crippen molar-refractivity contribution < 1.29 is 4.79 Å². The van der Waals surface area contributed by atoms with Crippen molar-refractivity contribution in [3.63, 3.8) is 0 Å². The predicted molar refractivity (Wildman–Crippen MR) is 106 cm³/mol. The van der Waals surface area contributed by atoms with E-state index >= 15 is 0 Å². The maximum atomic E-state index is 13.2. The van der Waals surface area contributed by atoms with E-state index in [0.717, 1.165) is 16.9 Å². The van der Waals surface area contributed by atoms with Crippen LogP contribution in [-0.2, 0) is 0 Å². The number of rotatable bonds is 4. The Kier molecular flexibility index (Phi) is 4.49. The first-order valence-corrected chi connectivity index (χ1v) is 8.62. The Morgan fingerprint density at radius 1 is 0.926 bits per heavy atom. The van der Waals surface area contributed by atoms with Gasteiger partial charge in [0.05, 0.1) is 11.3 Å². The van der Waals surface area contributed by atoms with E-state index in [1.54, 1.807) is 35.2 Å². The Labute approximate surface area is 157 Å². The van der Waals surface area contributed by atoms with Crippen LogP contribution in [0.1, 0.15) is 10.4 Å². The third-order valence-corrected chi connectivity index (χ3v) is 4.35. The number of carbonyl (C=O) groups excluding carboxylic acids is 1. The molecule has 5 heteroatoms. The summed E-state index contributed by atoms with van der Waals surface area (Å²) in [5, 5.41) is 4.68. The van der Waals surface area contributed by atoms with Gasteiger partial charge in [-0.1, -0.05) is 36.4 Å². The van der Waals surface area contributed by atoms with E-state index in [1.807, 2.05) is 72.8 Å². The number of para-hydroxylation sites is 2. The molecular weight excluding hydrogens is 336 g/mol. The van der Waals surface area contributed by atoms with Gasteiger partial charge in [0.25, 0.3) is 5.91 Å². The molecule has 4 rings (SSSR count). The fourth-order valence-electron chi connectivity index (χ4n) is 2.91. The van der Waals surface area contributed by atoms with E-state index in [9.17, 15) is 4.79 Å². The second-order valence-electron chi connectivity index (χ2n) is 6.11. The zero-order chi connectivity index (χ0) is 18.6. The summed E-state index contributed by atoms with van der Waals surface area (Å²) in [6.45, 7) is 0. The molecule has 0 aliphatic carbocycles. The van der Waals surface area contributed by atoms with Crippen LogP contribution in [0.2, 0.25) is 0 Å². The lowest BCUT2D eigenvalue weighted by molar-refractivity contribution is 0.0993. The van der Waals surface area contributed by atoms with Crippen LogP contribution in [0.3, 0.4) is 0 Å². The highest BCUT2D eigenvalue weighted by atomic mass is 16.2. The van der Waals surface area contributed by atoms with Gasteiger partial charge in [-0.2, -0.15) is 5.10 Å². The van der Waals surface area contributed by atoms with Gasteiger partial charge in [-0.15, -0.1) is 0 Å². The average molecular weight is 354 g/mol. The highest BCUT2D eigenvalue weighted by Crippen LogP contribution is 2.25. The molecule has 2 aromatic carbocycles. The SMILES string of the molecule is CN(C(=O)c1cn(-c2ccccc2)nc1-c1cccnc1)c1ccccc1. The maximum absolute atomic E-state index is 13.2. The van der Waals surface area contributed by atoms with Crippen molar-refractivity contribution in [2.75, 3.05) is 11.9 Å². The molecule has 0 aliphatic heterocycles. The summed E-state index contributed by atoms with van der Waals surface area (Å²) >= 11 is 0. The van der Waals surface area contributed by atoms with Gasteiger partial charge in [0.1, 0.15) is 5.69 Å². The molecular formula is C22H18N4O. The second-order valence-corrected chi connectivity index (χ2v) is 6.11. The standard InChI is InChI=1S/C22H18N4O/c1-25(18-10-4-2-5-11-18)22(27)20-16-26(19-12-6-3-7-13-19)24-21(20)17-9-8-14-23-15-17/h2-16H,1H3. The van der Waals surface area contributed by atoms with Crippen LogP contribution in [0.25, 0.3) is 16.9 Å². The van der Waals surface area contributed by atoms with Crippen molar-refractivity contribution in [1.82, 2.24) is 14.8 Å². The lowest BCUT2D eigenvalue weighted by Crippen LogP contribution is -2.26. The first-order valence-electron chi connectivity index (χ1n) is 8.62. The van der Waals surface area contributed by atoms with E-state index in [-0.39, 0.29) is 5.91 Å². The number of hydrogen-bond acceptors (Lipinski definition) is 3. The Morgan fingerprint density at radius 3 is 2.30 bits per heavy atom. The molecule has 0 aliphatic rings. The first-order chi connectivity index (χ1) is 13.2. The molecule has 0 unspecified atom stereocenters. The van der Waals surface area contributed by atoms with Crippen LogP contribution in [0, 0.1) is 0 Å². The van der Waals surface area contributed by atoms with Crippen molar-refractivity contribution in [3.8, 4) is 16.9 Å². The van der Waals surface area contributed by atoms with Gasteiger partial charge in [-0.3, -0.25) is 9.78 Å². The molecule has 2 aromatic heterocycles. The summed E-state index contributed by atoms with van der Waals surface area (Å²) in [4.78, 5) is 19.0. The molecule has 0 bridgehead atoms. The number of carbonyl (C=O) groups is 1. The molecule has 0 fully saturated rings. The van der Waals surface area contributed by atoms with Gasteiger partial charge in [-0.25, -0.2) is 4.68 Å². The third-order valence-electron chi connectivity index (χ3n) is 4.35. The molecule has 0 atom stereocenters. The van der Waals surface area contributed by atoms with Crippen molar-refractivity contribution in [2.45, 2.75) is 0 Å². The zero-order valence-electron chi connectivity index (χ0n) is 14.9. The van der Waals surface area contributed by atoms with E-state index < -0.39 is 0 Å². The Balaban J connectivity index is 1.81. The number of aromatic nitrogens is 3. The van der Waals surface area contributed by atoms with Crippen LogP contribution >= 0.6 is 0 Å². The van der Waals surface area contributed by atoms with E-state index in [0.29, 0.717) is 11.3 Å². The minimum absolute atomic E-state index is 0.123. The molecule has 0 saturated carbocycles. The number of amides is 1. The van der Waals surface area contributed by atoms with Crippen LogP contribution in [0.4, 0.5) is 5.69 Å². The molecule has 132 valence electrons. The highest BCUT2D eigenvalue weighted by Gasteiger charge is 2.22. The van der Waals surface area contributed by atoms with Gasteiger partial charge in [-0.05, 0) is 36.4 Å². The van der Waals surface area contributed by atoms with Crippen LogP contribution in [-0.4, -0.2) is 27.7 Å². The largest absolute Gasteiger partial charge is 0.311 e. The molecule has 27 heavy (non-hydrogen) atoms. The fraction of sp³-hybridized carbons (Fsp3) is 0.0455. The summed E-state index contributed by atoms with van der Waals surface area (Å²) < 4.78 is 1.73. The minimum Gasteiger partial charge on any atom is -0.311 e. The fourth-order valence-corrected chi connectivity index (χ4v) is 2.91. The Morgan fingerprint density at radius 2 is 1.63 bits per heavy atom. The number of anilines is 1. The zero-order valence-corrected chi connectivity index (χ0v) is 14.9. The van der Waals surface area contributed by atoms with Crippen LogP contribution in [0.15, 0.2) is 91.4 Å². The molecule has 0 radical (unpaired) electrons. The smallest absolute Gasteiger partial charge is 0.261 e. The predicted octanol–water partition coefficient (Wildman–Crippen LogP) is 4.21. The highest BCUT2D eigenvalue weighted by molar-refractivity contribution is 6.09. The van der Waals surface area contributed by atoms with E-state index in [4.69, 9.17) is 0 Å².